The first-order chi connectivity index (χ1) is 11.8. The highest BCUT2D eigenvalue weighted by molar-refractivity contribution is 14.1. The molecular formula is C18H16F3IO3. The van der Waals surface area contributed by atoms with Gasteiger partial charge in [-0.05, 0) is 53.3 Å². The Hall–Kier alpha value is -1.77. The van der Waals surface area contributed by atoms with Crippen LogP contribution in [0.3, 0.4) is 0 Å². The van der Waals surface area contributed by atoms with E-state index in [2.05, 4.69) is 0 Å². The molecule has 25 heavy (non-hydrogen) atoms. The summed E-state index contributed by atoms with van der Waals surface area (Å²) in [5.74, 6) is -0.979. The summed E-state index contributed by atoms with van der Waals surface area (Å²) in [5.41, 5.74) is 0.276. The van der Waals surface area contributed by atoms with E-state index >= 15 is 0 Å². The van der Waals surface area contributed by atoms with Gasteiger partial charge in [0.15, 0.2) is 0 Å². The first-order valence-electron chi connectivity index (χ1n) is 7.52. The van der Waals surface area contributed by atoms with E-state index in [4.69, 9.17) is 9.47 Å². The zero-order valence-electron chi connectivity index (χ0n) is 13.6. The molecule has 0 radical (unpaired) electrons. The fourth-order valence-electron chi connectivity index (χ4n) is 2.10. The number of carbonyl (C=O) groups is 1. The molecule has 0 amide bonds. The van der Waals surface area contributed by atoms with Crippen LogP contribution < -0.4 is 9.47 Å². The van der Waals surface area contributed by atoms with Gasteiger partial charge in [-0.15, -0.1) is 0 Å². The van der Waals surface area contributed by atoms with Gasteiger partial charge in [0, 0.05) is 21.6 Å². The summed E-state index contributed by atoms with van der Waals surface area (Å²) in [6, 6.07) is 7.10. The van der Waals surface area contributed by atoms with Gasteiger partial charge in [-0.2, -0.15) is 0 Å². The van der Waals surface area contributed by atoms with Crippen molar-refractivity contribution >= 4 is 28.6 Å². The summed E-state index contributed by atoms with van der Waals surface area (Å²) < 4.78 is 51.5. The summed E-state index contributed by atoms with van der Waals surface area (Å²) in [5, 5.41) is 0. The second kappa shape index (κ2) is 8.55. The molecule has 0 unspecified atom stereocenters. The topological polar surface area (TPSA) is 35.5 Å². The molecule has 3 nitrogen and oxygen atoms in total. The van der Waals surface area contributed by atoms with Crippen molar-refractivity contribution in [1.82, 2.24) is 0 Å². The zero-order valence-corrected chi connectivity index (χ0v) is 15.8. The number of halogens is 4. The quantitative estimate of drug-likeness (QED) is 0.319. The summed E-state index contributed by atoms with van der Waals surface area (Å²) in [7, 11) is 0. The minimum atomic E-state index is -2.79. The normalized spacial score (nSPS) is 10.8. The van der Waals surface area contributed by atoms with Crippen LogP contribution in [0.5, 0.6) is 11.5 Å². The van der Waals surface area contributed by atoms with Crippen molar-refractivity contribution in [2.24, 2.45) is 0 Å². The van der Waals surface area contributed by atoms with Gasteiger partial charge in [0.2, 0.25) is 0 Å². The standard InChI is InChI=1S/C18H16F3IO3/c1-3-17(23)25-15-6-4-5-14(22)12(15)9-24-16-8-13(19)10(2)7-11(16)18(20)21/h4-8,18H,3,9H2,1-2H3. The van der Waals surface area contributed by atoms with Crippen LogP contribution in [0, 0.1) is 16.3 Å². The molecule has 0 atom stereocenters. The minimum absolute atomic E-state index is 0.120. The van der Waals surface area contributed by atoms with E-state index in [1.54, 1.807) is 25.1 Å². The predicted octanol–water partition coefficient (Wildman–Crippen LogP) is 5.57. The third-order valence-electron chi connectivity index (χ3n) is 3.49. The monoisotopic (exact) mass is 464 g/mol. The number of ether oxygens (including phenoxy) is 2. The highest BCUT2D eigenvalue weighted by Crippen LogP contribution is 2.33. The Kier molecular flexibility index (Phi) is 6.69. The maximum absolute atomic E-state index is 13.7. The highest BCUT2D eigenvalue weighted by atomic mass is 127. The van der Waals surface area contributed by atoms with E-state index in [1.165, 1.54) is 6.92 Å². The molecular weight excluding hydrogens is 448 g/mol. The molecule has 2 aromatic rings. The second-order valence-electron chi connectivity index (χ2n) is 5.27. The maximum atomic E-state index is 13.7. The second-order valence-corrected chi connectivity index (χ2v) is 6.43. The lowest BCUT2D eigenvalue weighted by Crippen LogP contribution is -2.10. The van der Waals surface area contributed by atoms with Gasteiger partial charge >= 0.3 is 5.97 Å². The van der Waals surface area contributed by atoms with Crippen LogP contribution in [0.25, 0.3) is 0 Å². The number of esters is 1. The number of rotatable bonds is 6. The van der Waals surface area contributed by atoms with Crippen LogP contribution in [-0.4, -0.2) is 5.97 Å². The van der Waals surface area contributed by atoms with Gasteiger partial charge in [-0.1, -0.05) is 13.0 Å². The molecule has 134 valence electrons. The molecule has 0 N–H and O–H groups in total. The van der Waals surface area contributed by atoms with Crippen LogP contribution >= 0.6 is 22.6 Å². The summed E-state index contributed by atoms with van der Waals surface area (Å²) in [4.78, 5) is 11.5. The number of aryl methyl sites for hydroxylation is 1. The fourth-order valence-corrected chi connectivity index (χ4v) is 2.73. The SMILES string of the molecule is CCC(=O)Oc1cccc(I)c1COc1cc(F)c(C)cc1C(F)F. The molecule has 2 rings (SSSR count). The molecule has 2 aromatic carbocycles. The third kappa shape index (κ3) is 4.87. The van der Waals surface area contributed by atoms with Crippen molar-refractivity contribution in [1.29, 1.82) is 0 Å². The van der Waals surface area contributed by atoms with Crippen molar-refractivity contribution in [3.63, 3.8) is 0 Å². The van der Waals surface area contributed by atoms with Crippen molar-refractivity contribution in [3.05, 3.63) is 56.4 Å². The Bertz CT molecular complexity index is 778. The fraction of sp³-hybridized carbons (Fsp3) is 0.278. The molecule has 7 heteroatoms. The first kappa shape index (κ1) is 19.6. The Morgan fingerprint density at radius 2 is 1.96 bits per heavy atom. The summed E-state index contributed by atoms with van der Waals surface area (Å²) in [6.45, 7) is 2.94. The Balaban J connectivity index is 2.30. The van der Waals surface area contributed by atoms with Gasteiger partial charge in [-0.3, -0.25) is 4.79 Å². The van der Waals surface area contributed by atoms with Crippen LogP contribution in [0.1, 0.15) is 36.5 Å². The third-order valence-corrected chi connectivity index (χ3v) is 4.50. The van der Waals surface area contributed by atoms with Crippen LogP contribution in [0.4, 0.5) is 13.2 Å². The molecule has 0 aliphatic rings. The van der Waals surface area contributed by atoms with E-state index < -0.39 is 18.2 Å². The summed E-state index contributed by atoms with van der Waals surface area (Å²) >= 11 is 2.03. The molecule has 0 spiro atoms. The van der Waals surface area contributed by atoms with E-state index in [-0.39, 0.29) is 29.9 Å². The maximum Gasteiger partial charge on any atom is 0.310 e. The van der Waals surface area contributed by atoms with E-state index in [0.717, 1.165) is 15.7 Å². The molecule has 0 aromatic heterocycles. The van der Waals surface area contributed by atoms with E-state index in [0.29, 0.717) is 11.3 Å². The Morgan fingerprint density at radius 3 is 2.60 bits per heavy atom. The number of carbonyl (C=O) groups excluding carboxylic acids is 1. The smallest absolute Gasteiger partial charge is 0.310 e. The number of alkyl halides is 2. The molecule has 0 saturated carbocycles. The van der Waals surface area contributed by atoms with Gasteiger partial charge in [0.1, 0.15) is 23.9 Å². The molecule has 0 aliphatic carbocycles. The predicted molar refractivity (Wildman–Crippen MR) is 95.5 cm³/mol. The van der Waals surface area contributed by atoms with Crippen LogP contribution in [0.15, 0.2) is 30.3 Å². The van der Waals surface area contributed by atoms with Gasteiger partial charge in [-0.25, -0.2) is 13.2 Å². The minimum Gasteiger partial charge on any atom is -0.488 e. The lowest BCUT2D eigenvalue weighted by Gasteiger charge is -2.15. The van der Waals surface area contributed by atoms with Gasteiger partial charge in [0.25, 0.3) is 6.43 Å². The van der Waals surface area contributed by atoms with E-state index in [9.17, 15) is 18.0 Å². The Morgan fingerprint density at radius 1 is 1.24 bits per heavy atom. The first-order valence-corrected chi connectivity index (χ1v) is 8.60. The number of benzene rings is 2. The van der Waals surface area contributed by atoms with Crippen molar-refractivity contribution in [3.8, 4) is 11.5 Å². The van der Waals surface area contributed by atoms with E-state index in [1.807, 2.05) is 22.6 Å². The van der Waals surface area contributed by atoms with Crippen molar-refractivity contribution in [2.45, 2.75) is 33.3 Å². The van der Waals surface area contributed by atoms with Crippen molar-refractivity contribution in [2.75, 3.05) is 0 Å². The molecule has 0 fully saturated rings. The van der Waals surface area contributed by atoms with Crippen molar-refractivity contribution < 1.29 is 27.4 Å². The van der Waals surface area contributed by atoms with Gasteiger partial charge < -0.3 is 9.47 Å². The summed E-state index contributed by atoms with van der Waals surface area (Å²) in [6.07, 6.45) is -2.59. The molecule has 0 saturated heterocycles. The van der Waals surface area contributed by atoms with Gasteiger partial charge in [0.05, 0.1) is 5.56 Å². The Labute approximate surface area is 157 Å². The molecule has 0 heterocycles. The highest BCUT2D eigenvalue weighted by Gasteiger charge is 2.18. The number of hydrogen-bond acceptors (Lipinski definition) is 3. The molecule has 0 bridgehead atoms. The van der Waals surface area contributed by atoms with Crippen LogP contribution in [-0.2, 0) is 11.4 Å². The lowest BCUT2D eigenvalue weighted by atomic mass is 10.1. The van der Waals surface area contributed by atoms with Crippen LogP contribution in [0.2, 0.25) is 0 Å². The largest absolute Gasteiger partial charge is 0.488 e. The zero-order chi connectivity index (χ0) is 18.6. The molecule has 0 aliphatic heterocycles. The number of hydrogen-bond donors (Lipinski definition) is 0. The lowest BCUT2D eigenvalue weighted by molar-refractivity contribution is -0.134. The average molecular weight is 464 g/mol. The average Bonchev–Trinajstić information content (AvgIpc) is 2.56.